The monoisotopic (exact) mass is 630 g/mol. The maximum absolute atomic E-state index is 13.8. The van der Waals surface area contributed by atoms with Crippen LogP contribution >= 0.6 is 11.6 Å². The summed E-state index contributed by atoms with van der Waals surface area (Å²) in [6.45, 7) is 2.10. The fourth-order valence-electron chi connectivity index (χ4n) is 5.72. The van der Waals surface area contributed by atoms with Crippen LogP contribution in [0, 0.1) is 6.01 Å². The van der Waals surface area contributed by atoms with E-state index in [4.69, 9.17) is 35.2 Å². The van der Waals surface area contributed by atoms with E-state index in [-0.39, 0.29) is 18.6 Å². The van der Waals surface area contributed by atoms with Crippen LogP contribution in [0.4, 0.5) is 4.39 Å². The molecule has 230 valence electrons. The summed E-state index contributed by atoms with van der Waals surface area (Å²) < 4.78 is 37.7. The molecule has 1 fully saturated rings. The quantitative estimate of drug-likeness (QED) is 0.184. The number of methoxy groups -OCH3 is 1. The molecule has 2 aliphatic heterocycles. The molecule has 45 heavy (non-hydrogen) atoms. The number of rotatable bonds is 9. The zero-order chi connectivity index (χ0) is 31.1. The maximum atomic E-state index is 13.8. The van der Waals surface area contributed by atoms with Gasteiger partial charge in [-0.25, -0.2) is 14.8 Å². The molecule has 0 radical (unpaired) electrons. The molecule has 10 nitrogen and oxygen atoms in total. The van der Waals surface area contributed by atoms with Crippen LogP contribution in [0.25, 0.3) is 27.6 Å². The number of aromatic nitrogens is 3. The normalized spacial score (nSPS) is 16.6. The lowest BCUT2D eigenvalue weighted by Gasteiger charge is -2.29. The van der Waals surface area contributed by atoms with Crippen molar-refractivity contribution < 1.29 is 32.6 Å². The lowest BCUT2D eigenvalue weighted by Crippen LogP contribution is -2.36. The van der Waals surface area contributed by atoms with Crippen LogP contribution in [0.3, 0.4) is 0 Å². The molecule has 1 amide bonds. The Morgan fingerprint density at radius 1 is 1.20 bits per heavy atom. The third-order valence-electron chi connectivity index (χ3n) is 8.18. The number of furan rings is 1. The second-order valence-corrected chi connectivity index (χ2v) is 11.3. The first-order chi connectivity index (χ1) is 21.9. The van der Waals surface area contributed by atoms with Gasteiger partial charge in [-0.2, -0.15) is 4.39 Å². The molecule has 1 atom stereocenters. The molecule has 0 unspecified atom stereocenters. The maximum Gasteiger partial charge on any atom is 0.337 e. The van der Waals surface area contributed by atoms with E-state index in [9.17, 15) is 14.0 Å². The minimum atomic E-state index is -0.730. The number of amides is 1. The second-order valence-electron chi connectivity index (χ2n) is 10.9. The van der Waals surface area contributed by atoms with Crippen molar-refractivity contribution in [2.24, 2.45) is 0 Å². The minimum Gasteiger partial charge on any atom is -0.472 e. The summed E-state index contributed by atoms with van der Waals surface area (Å²) in [5, 5.41) is 0.850. The number of hydrogen-bond acceptors (Lipinski definition) is 8. The van der Waals surface area contributed by atoms with Crippen molar-refractivity contribution in [3.63, 3.8) is 0 Å². The van der Waals surface area contributed by atoms with Crippen molar-refractivity contribution in [3.05, 3.63) is 94.4 Å². The van der Waals surface area contributed by atoms with Crippen LogP contribution in [0.15, 0.2) is 65.2 Å². The largest absolute Gasteiger partial charge is 0.472 e. The van der Waals surface area contributed by atoms with Gasteiger partial charge in [-0.3, -0.25) is 4.79 Å². The van der Waals surface area contributed by atoms with Crippen LogP contribution in [0.1, 0.15) is 40.2 Å². The van der Waals surface area contributed by atoms with Gasteiger partial charge in [-0.15, -0.1) is 0 Å². The zero-order valence-electron chi connectivity index (χ0n) is 24.3. The van der Waals surface area contributed by atoms with E-state index in [1.54, 1.807) is 53.6 Å². The molecule has 0 spiro atoms. The Hall–Kier alpha value is -4.74. The number of nitrogens with zero attached hydrogens (tertiary/aromatic N) is 4. The highest BCUT2D eigenvalue weighted by molar-refractivity contribution is 6.35. The van der Waals surface area contributed by atoms with E-state index in [0.717, 1.165) is 23.0 Å². The average molecular weight is 631 g/mol. The number of pyridine rings is 1. The fourth-order valence-corrected chi connectivity index (χ4v) is 5.92. The minimum absolute atomic E-state index is 0.0475. The number of esters is 1. The first-order valence-electron chi connectivity index (χ1n) is 14.5. The molecule has 3 aromatic heterocycles. The number of carbonyl (C=O) groups is 2. The van der Waals surface area contributed by atoms with Crippen LogP contribution < -0.4 is 4.74 Å². The lowest BCUT2D eigenvalue weighted by atomic mass is 10.00. The van der Waals surface area contributed by atoms with Gasteiger partial charge in [0.05, 0.1) is 47.9 Å². The van der Waals surface area contributed by atoms with Crippen molar-refractivity contribution in [1.82, 2.24) is 19.4 Å². The van der Waals surface area contributed by atoms with E-state index in [2.05, 4.69) is 4.98 Å². The van der Waals surface area contributed by atoms with E-state index < -0.39 is 12.0 Å². The fraction of sp³-hybridized carbons (Fsp3) is 0.273. The van der Waals surface area contributed by atoms with Crippen LogP contribution in [-0.2, 0) is 34.0 Å². The predicted molar refractivity (Wildman–Crippen MR) is 163 cm³/mol. The molecule has 2 aromatic carbocycles. The first-order valence-corrected chi connectivity index (χ1v) is 14.9. The number of hydrogen-bond donors (Lipinski definition) is 0. The molecule has 0 saturated carbocycles. The third-order valence-corrected chi connectivity index (χ3v) is 8.51. The molecule has 2 aliphatic rings. The molecular formula is C33H28ClFN4O6. The van der Waals surface area contributed by atoms with Crippen LogP contribution in [-0.4, -0.2) is 57.7 Å². The summed E-state index contributed by atoms with van der Waals surface area (Å²) in [5.74, 6) is 0.473. The van der Waals surface area contributed by atoms with Gasteiger partial charge >= 0.3 is 5.97 Å². The molecule has 12 heteroatoms. The van der Waals surface area contributed by atoms with Gasteiger partial charge in [0.1, 0.15) is 18.0 Å². The molecule has 5 aromatic rings. The Morgan fingerprint density at radius 2 is 2.07 bits per heavy atom. The topological polar surface area (TPSA) is 109 Å². The third kappa shape index (κ3) is 5.65. The van der Waals surface area contributed by atoms with Gasteiger partial charge in [0, 0.05) is 48.0 Å². The highest BCUT2D eigenvalue weighted by atomic mass is 35.5. The molecule has 0 bridgehead atoms. The molecule has 1 saturated heterocycles. The van der Waals surface area contributed by atoms with E-state index >= 15 is 0 Å². The summed E-state index contributed by atoms with van der Waals surface area (Å²) in [6.07, 6.45) is 4.77. The Morgan fingerprint density at radius 3 is 2.84 bits per heavy atom. The van der Waals surface area contributed by atoms with Gasteiger partial charge in [-0.05, 0) is 54.8 Å². The van der Waals surface area contributed by atoms with Gasteiger partial charge in [0.2, 0.25) is 11.8 Å². The van der Waals surface area contributed by atoms with Gasteiger partial charge in [0.25, 0.3) is 6.01 Å². The SMILES string of the molecule is COC(=O)c1ccc2nc(CN3CCC(c4cccnc4OCc4ccc(Cl)c5cc(F)oc45)=CC3=O)n(C[C@@H]3CCO3)c2c1. The van der Waals surface area contributed by atoms with Crippen LogP contribution in [0.2, 0.25) is 5.02 Å². The molecular weight excluding hydrogens is 603 g/mol. The Balaban J connectivity index is 1.11. The average Bonchev–Trinajstić information content (AvgIpc) is 3.59. The second kappa shape index (κ2) is 12.0. The molecule has 5 heterocycles. The van der Waals surface area contributed by atoms with E-state index in [1.807, 2.05) is 10.6 Å². The lowest BCUT2D eigenvalue weighted by molar-refractivity contribution is -0.127. The number of ether oxygens (including phenoxy) is 3. The molecule has 0 aliphatic carbocycles. The number of imidazole rings is 1. The smallest absolute Gasteiger partial charge is 0.337 e. The van der Waals surface area contributed by atoms with Gasteiger partial charge < -0.3 is 28.1 Å². The van der Waals surface area contributed by atoms with Gasteiger partial charge in [-0.1, -0.05) is 17.7 Å². The first kappa shape index (κ1) is 29.0. The summed E-state index contributed by atoms with van der Waals surface area (Å²) in [6, 6.07) is 12.8. The summed E-state index contributed by atoms with van der Waals surface area (Å²) in [7, 11) is 1.35. The van der Waals surface area contributed by atoms with Crippen LogP contribution in [0.5, 0.6) is 5.88 Å². The van der Waals surface area contributed by atoms with Gasteiger partial charge in [0.15, 0.2) is 0 Å². The zero-order valence-corrected chi connectivity index (χ0v) is 25.1. The van der Waals surface area contributed by atoms with E-state index in [1.165, 1.54) is 13.2 Å². The standard InChI is InChI=1S/C33H28ClFN4O6/c1-42-33(41)20-5-7-26-27(13-20)39(16-22-9-12-43-22)29(37-26)17-38-11-8-19(14-30(38)40)23-3-2-10-36-32(23)44-18-21-4-6-25(34)24-15-28(35)45-31(21)24/h2-7,10,13-15,22H,8-9,11-12,16-18H2,1H3/t22-/m0/s1. The highest BCUT2D eigenvalue weighted by Gasteiger charge is 2.27. The van der Waals surface area contributed by atoms with Crippen molar-refractivity contribution >= 4 is 51.1 Å². The Kier molecular flexibility index (Phi) is 7.72. The van der Waals surface area contributed by atoms with Crippen molar-refractivity contribution in [3.8, 4) is 5.88 Å². The Bertz CT molecular complexity index is 1980. The summed E-state index contributed by atoms with van der Waals surface area (Å²) in [4.78, 5) is 36.6. The number of fused-ring (bicyclic) bond motifs is 2. The van der Waals surface area contributed by atoms with Crippen molar-refractivity contribution in [1.29, 1.82) is 0 Å². The van der Waals surface area contributed by atoms with Crippen molar-refractivity contribution in [2.75, 3.05) is 20.3 Å². The number of carbonyl (C=O) groups excluding carboxylic acids is 2. The van der Waals surface area contributed by atoms with E-state index in [0.29, 0.717) is 77.0 Å². The van der Waals surface area contributed by atoms with Crippen molar-refractivity contribution in [2.45, 2.75) is 38.6 Å². The molecule has 0 N–H and O–H groups in total. The summed E-state index contributed by atoms with van der Waals surface area (Å²) in [5.41, 5.74) is 4.37. The highest BCUT2D eigenvalue weighted by Crippen LogP contribution is 2.33. The predicted octanol–water partition coefficient (Wildman–Crippen LogP) is 5.94. The number of halogens is 2. The molecule has 7 rings (SSSR count). The number of benzene rings is 2. The Labute approximate surface area is 261 Å². The summed E-state index contributed by atoms with van der Waals surface area (Å²) >= 11 is 6.20.